The lowest BCUT2D eigenvalue weighted by Gasteiger charge is -2.16. The minimum atomic E-state index is 0.240. The molecule has 0 amide bonds. The van der Waals surface area contributed by atoms with Crippen LogP contribution >= 0.6 is 0 Å². The van der Waals surface area contributed by atoms with Crippen LogP contribution in [-0.2, 0) is 12.8 Å². The van der Waals surface area contributed by atoms with Crippen LogP contribution in [0.2, 0.25) is 0 Å². The topological polar surface area (TPSA) is 26.0 Å². The van der Waals surface area contributed by atoms with E-state index in [0.717, 1.165) is 24.4 Å². The van der Waals surface area contributed by atoms with E-state index in [9.17, 15) is 0 Å². The van der Waals surface area contributed by atoms with E-state index in [-0.39, 0.29) is 10.8 Å². The summed E-state index contributed by atoms with van der Waals surface area (Å²) in [5.41, 5.74) is 1.58. The first-order valence-corrected chi connectivity index (χ1v) is 5.59. The molecule has 0 N–H and O–H groups in total. The monoisotopic (exact) mass is 209 g/mol. The fraction of sp³-hybridized carbons (Fsp3) is 0.769. The Balaban J connectivity index is 2.65. The van der Waals surface area contributed by atoms with E-state index in [0.29, 0.717) is 0 Å². The molecule has 0 aliphatic heterocycles. The average molecular weight is 209 g/mol. The van der Waals surface area contributed by atoms with Crippen molar-refractivity contribution in [1.29, 1.82) is 0 Å². The second kappa shape index (κ2) is 3.99. The predicted molar refractivity (Wildman–Crippen MR) is 62.8 cm³/mol. The zero-order chi connectivity index (χ0) is 11.7. The van der Waals surface area contributed by atoms with E-state index >= 15 is 0 Å². The fourth-order valence-electron chi connectivity index (χ4n) is 1.51. The van der Waals surface area contributed by atoms with Crippen molar-refractivity contribution in [2.24, 2.45) is 10.8 Å². The highest BCUT2D eigenvalue weighted by atomic mass is 16.3. The zero-order valence-corrected chi connectivity index (χ0v) is 10.8. The lowest BCUT2D eigenvalue weighted by molar-refractivity contribution is 0.354. The summed E-state index contributed by atoms with van der Waals surface area (Å²) in [6.07, 6.45) is 3.67. The van der Waals surface area contributed by atoms with Crippen LogP contribution in [0.1, 0.15) is 53.1 Å². The molecule has 1 rings (SSSR count). The summed E-state index contributed by atoms with van der Waals surface area (Å²) in [4.78, 5) is 4.51. The van der Waals surface area contributed by atoms with Crippen molar-refractivity contribution in [3.63, 3.8) is 0 Å². The van der Waals surface area contributed by atoms with Gasteiger partial charge >= 0.3 is 0 Å². The number of hydrogen-bond donors (Lipinski definition) is 0. The lowest BCUT2D eigenvalue weighted by Crippen LogP contribution is -2.11. The van der Waals surface area contributed by atoms with E-state index < -0.39 is 0 Å². The summed E-state index contributed by atoms with van der Waals surface area (Å²) >= 11 is 0. The molecule has 2 heteroatoms. The van der Waals surface area contributed by atoms with Crippen molar-refractivity contribution in [3.8, 4) is 0 Å². The molecule has 0 saturated carbocycles. The summed E-state index contributed by atoms with van der Waals surface area (Å²) in [7, 11) is 0. The molecule has 2 nitrogen and oxygen atoms in total. The third-order valence-corrected chi connectivity index (χ3v) is 1.99. The highest BCUT2D eigenvalue weighted by molar-refractivity contribution is 5.00. The second-order valence-corrected chi connectivity index (χ2v) is 6.71. The largest absolute Gasteiger partial charge is 0.449 e. The summed E-state index contributed by atoms with van der Waals surface area (Å²) in [5.74, 6) is 0.863. The van der Waals surface area contributed by atoms with Crippen LogP contribution < -0.4 is 0 Å². The number of hydrogen-bond acceptors (Lipinski definition) is 2. The van der Waals surface area contributed by atoms with Crippen LogP contribution in [0.25, 0.3) is 0 Å². The maximum Gasteiger partial charge on any atom is 0.194 e. The molecular formula is C13H23NO. The molecule has 0 aliphatic rings. The van der Waals surface area contributed by atoms with Crippen LogP contribution in [0.15, 0.2) is 10.7 Å². The van der Waals surface area contributed by atoms with Gasteiger partial charge in [0.05, 0.1) is 5.69 Å². The van der Waals surface area contributed by atoms with E-state index in [1.807, 2.05) is 0 Å². The van der Waals surface area contributed by atoms with Crippen molar-refractivity contribution >= 4 is 0 Å². The van der Waals surface area contributed by atoms with Gasteiger partial charge < -0.3 is 4.42 Å². The molecule has 0 bridgehead atoms. The van der Waals surface area contributed by atoms with Gasteiger partial charge in [0.1, 0.15) is 6.26 Å². The van der Waals surface area contributed by atoms with Crippen LogP contribution in [0.3, 0.4) is 0 Å². The Hall–Kier alpha value is -0.790. The Kier molecular flexibility index (Phi) is 3.27. The molecule has 86 valence electrons. The molecule has 0 radical (unpaired) electrons. The summed E-state index contributed by atoms with van der Waals surface area (Å²) in [6, 6.07) is 0. The Morgan fingerprint density at radius 2 is 1.53 bits per heavy atom. The first-order chi connectivity index (χ1) is 6.66. The molecule has 0 unspecified atom stereocenters. The third kappa shape index (κ3) is 5.01. The van der Waals surface area contributed by atoms with Crippen molar-refractivity contribution in [1.82, 2.24) is 4.98 Å². The fourth-order valence-corrected chi connectivity index (χ4v) is 1.51. The summed E-state index contributed by atoms with van der Waals surface area (Å²) in [5, 5.41) is 0. The SMILES string of the molecule is CC(C)(C)Cc1coc(CC(C)(C)C)n1. The van der Waals surface area contributed by atoms with Crippen LogP contribution in [0.5, 0.6) is 0 Å². The zero-order valence-electron chi connectivity index (χ0n) is 10.8. The minimum Gasteiger partial charge on any atom is -0.449 e. The summed E-state index contributed by atoms with van der Waals surface area (Å²) < 4.78 is 5.48. The van der Waals surface area contributed by atoms with Gasteiger partial charge in [0.2, 0.25) is 0 Å². The Bertz CT molecular complexity index is 282. The number of rotatable bonds is 2. The van der Waals surface area contributed by atoms with Gasteiger partial charge in [-0.05, 0) is 17.3 Å². The highest BCUT2D eigenvalue weighted by Gasteiger charge is 2.18. The Morgan fingerprint density at radius 1 is 1.00 bits per heavy atom. The smallest absolute Gasteiger partial charge is 0.194 e. The van der Waals surface area contributed by atoms with Crippen molar-refractivity contribution < 1.29 is 4.42 Å². The Labute approximate surface area is 93.1 Å². The second-order valence-electron chi connectivity index (χ2n) is 6.71. The molecule has 1 aromatic rings. The van der Waals surface area contributed by atoms with Crippen molar-refractivity contribution in [2.75, 3.05) is 0 Å². The van der Waals surface area contributed by atoms with E-state index in [4.69, 9.17) is 4.42 Å². The van der Waals surface area contributed by atoms with Gasteiger partial charge in [0.25, 0.3) is 0 Å². The van der Waals surface area contributed by atoms with Crippen LogP contribution in [-0.4, -0.2) is 4.98 Å². The molecule has 1 aromatic heterocycles. The van der Waals surface area contributed by atoms with Gasteiger partial charge in [-0.15, -0.1) is 0 Å². The molecular weight excluding hydrogens is 186 g/mol. The average Bonchev–Trinajstić information content (AvgIpc) is 2.28. The molecule has 0 saturated heterocycles. The third-order valence-electron chi connectivity index (χ3n) is 1.99. The Morgan fingerprint density at radius 3 is 2.00 bits per heavy atom. The van der Waals surface area contributed by atoms with E-state index in [1.165, 1.54) is 0 Å². The number of aromatic nitrogens is 1. The molecule has 0 spiro atoms. The van der Waals surface area contributed by atoms with Gasteiger partial charge in [0, 0.05) is 6.42 Å². The number of oxazole rings is 1. The standard InChI is InChI=1S/C13H23NO/c1-12(2,3)7-10-9-15-11(14-10)8-13(4,5)6/h9H,7-8H2,1-6H3. The molecule has 1 heterocycles. The molecule has 15 heavy (non-hydrogen) atoms. The lowest BCUT2D eigenvalue weighted by atomic mass is 9.91. The molecule has 0 aromatic carbocycles. The van der Waals surface area contributed by atoms with Gasteiger partial charge in [-0.25, -0.2) is 4.98 Å². The normalized spacial score (nSPS) is 13.2. The van der Waals surface area contributed by atoms with E-state index in [1.54, 1.807) is 6.26 Å². The van der Waals surface area contributed by atoms with Crippen molar-refractivity contribution in [2.45, 2.75) is 54.4 Å². The van der Waals surface area contributed by atoms with Gasteiger partial charge in [-0.2, -0.15) is 0 Å². The van der Waals surface area contributed by atoms with Crippen molar-refractivity contribution in [3.05, 3.63) is 17.8 Å². The minimum absolute atomic E-state index is 0.240. The molecule has 0 fully saturated rings. The first-order valence-electron chi connectivity index (χ1n) is 5.59. The van der Waals surface area contributed by atoms with E-state index in [2.05, 4.69) is 46.5 Å². The quantitative estimate of drug-likeness (QED) is 0.739. The maximum absolute atomic E-state index is 5.48. The molecule has 0 atom stereocenters. The van der Waals surface area contributed by atoms with Gasteiger partial charge in [-0.1, -0.05) is 41.5 Å². The summed E-state index contributed by atoms with van der Waals surface area (Å²) in [6.45, 7) is 13.2. The maximum atomic E-state index is 5.48. The predicted octanol–water partition coefficient (Wildman–Crippen LogP) is 3.85. The first kappa shape index (κ1) is 12.3. The van der Waals surface area contributed by atoms with Crippen LogP contribution in [0.4, 0.5) is 0 Å². The van der Waals surface area contributed by atoms with Crippen LogP contribution in [0, 0.1) is 10.8 Å². The highest BCUT2D eigenvalue weighted by Crippen LogP contribution is 2.23. The van der Waals surface area contributed by atoms with Gasteiger partial charge in [0.15, 0.2) is 5.89 Å². The molecule has 0 aliphatic carbocycles. The number of nitrogens with zero attached hydrogens (tertiary/aromatic N) is 1. The van der Waals surface area contributed by atoms with Gasteiger partial charge in [-0.3, -0.25) is 0 Å².